The van der Waals surface area contributed by atoms with Crippen molar-refractivity contribution in [3.05, 3.63) is 42.2 Å². The number of aromatic nitrogens is 2. The standard InChI is InChI=1S/C13H13F2N3O4S/c1-17-7-10(6-16-17)18(8-12(19)20)23(21,22)11-4-2-9(3-5-11)13(14)15/h2-7,13H,8H2,1H3,(H,19,20). The number of hydrogen-bond acceptors (Lipinski definition) is 4. The Kier molecular flexibility index (Phi) is 4.64. The molecule has 0 bridgehead atoms. The molecule has 1 aromatic carbocycles. The van der Waals surface area contributed by atoms with Crippen LogP contribution in [0.5, 0.6) is 0 Å². The molecule has 10 heteroatoms. The van der Waals surface area contributed by atoms with E-state index in [-0.39, 0.29) is 16.1 Å². The minimum atomic E-state index is -4.22. The van der Waals surface area contributed by atoms with Gasteiger partial charge in [-0.15, -0.1) is 0 Å². The summed E-state index contributed by atoms with van der Waals surface area (Å²) in [5.41, 5.74) is -0.261. The second-order valence-electron chi connectivity index (χ2n) is 4.65. The molecule has 0 aliphatic rings. The molecule has 0 aliphatic heterocycles. The Bertz CT molecular complexity index is 803. The summed E-state index contributed by atoms with van der Waals surface area (Å²) in [6, 6.07) is 4.00. The summed E-state index contributed by atoms with van der Waals surface area (Å²) in [5.74, 6) is -1.36. The van der Waals surface area contributed by atoms with Crippen molar-refractivity contribution in [1.29, 1.82) is 0 Å². The number of benzene rings is 1. The maximum Gasteiger partial charge on any atom is 0.324 e. The summed E-state index contributed by atoms with van der Waals surface area (Å²) in [6.07, 6.45) is -0.178. The lowest BCUT2D eigenvalue weighted by Crippen LogP contribution is -2.35. The third kappa shape index (κ3) is 3.65. The number of hydrogen-bond donors (Lipinski definition) is 1. The molecule has 1 N–H and O–H groups in total. The Morgan fingerprint density at radius 1 is 1.35 bits per heavy atom. The molecule has 0 amide bonds. The predicted octanol–water partition coefficient (Wildman–Crippen LogP) is 1.64. The van der Waals surface area contributed by atoms with E-state index in [9.17, 15) is 22.0 Å². The molecule has 1 aromatic heterocycles. The van der Waals surface area contributed by atoms with Crippen LogP contribution in [0.2, 0.25) is 0 Å². The van der Waals surface area contributed by atoms with Crippen LogP contribution < -0.4 is 4.31 Å². The average Bonchev–Trinajstić information content (AvgIpc) is 2.90. The third-order valence-corrected chi connectivity index (χ3v) is 4.77. The van der Waals surface area contributed by atoms with E-state index in [2.05, 4.69) is 5.10 Å². The minimum absolute atomic E-state index is 0.0628. The summed E-state index contributed by atoms with van der Waals surface area (Å²) in [5, 5.41) is 12.8. The zero-order chi connectivity index (χ0) is 17.2. The number of carbonyl (C=O) groups is 1. The molecular weight excluding hydrogens is 332 g/mol. The van der Waals surface area contributed by atoms with Crippen LogP contribution >= 0.6 is 0 Å². The number of anilines is 1. The van der Waals surface area contributed by atoms with Gasteiger partial charge in [-0.25, -0.2) is 17.2 Å². The number of aliphatic carboxylic acids is 1. The number of aryl methyl sites for hydroxylation is 1. The summed E-state index contributed by atoms with van der Waals surface area (Å²) >= 11 is 0. The van der Waals surface area contributed by atoms with Gasteiger partial charge in [0.25, 0.3) is 16.4 Å². The number of sulfonamides is 1. The fraction of sp³-hybridized carbons (Fsp3) is 0.231. The van der Waals surface area contributed by atoms with Gasteiger partial charge in [-0.2, -0.15) is 5.10 Å². The van der Waals surface area contributed by atoms with E-state index in [0.717, 1.165) is 24.3 Å². The summed E-state index contributed by atoms with van der Waals surface area (Å²) in [6.45, 7) is -0.815. The first-order valence-corrected chi connectivity index (χ1v) is 7.77. The van der Waals surface area contributed by atoms with Gasteiger partial charge < -0.3 is 5.11 Å². The zero-order valence-corrected chi connectivity index (χ0v) is 12.7. The predicted molar refractivity (Wildman–Crippen MR) is 76.8 cm³/mol. The topological polar surface area (TPSA) is 92.5 Å². The van der Waals surface area contributed by atoms with Gasteiger partial charge in [0.15, 0.2) is 0 Å². The van der Waals surface area contributed by atoms with E-state index in [1.807, 2.05) is 0 Å². The molecule has 0 atom stereocenters. The van der Waals surface area contributed by atoms with Crippen LogP contribution in [0.1, 0.15) is 12.0 Å². The van der Waals surface area contributed by atoms with Crippen molar-refractivity contribution in [2.24, 2.45) is 7.05 Å². The molecule has 1 heterocycles. The van der Waals surface area contributed by atoms with Gasteiger partial charge in [0.2, 0.25) is 0 Å². The summed E-state index contributed by atoms with van der Waals surface area (Å²) in [4.78, 5) is 10.7. The van der Waals surface area contributed by atoms with E-state index in [0.29, 0.717) is 4.31 Å². The molecule has 0 spiro atoms. The van der Waals surface area contributed by atoms with Crippen molar-refractivity contribution in [3.8, 4) is 0 Å². The average molecular weight is 345 g/mol. The molecule has 0 fully saturated rings. The smallest absolute Gasteiger partial charge is 0.324 e. The van der Waals surface area contributed by atoms with Crippen molar-refractivity contribution >= 4 is 21.7 Å². The zero-order valence-electron chi connectivity index (χ0n) is 11.9. The number of halogens is 2. The highest BCUT2D eigenvalue weighted by atomic mass is 32.2. The van der Waals surface area contributed by atoms with Gasteiger partial charge in [0, 0.05) is 18.8 Å². The molecule has 2 rings (SSSR count). The van der Waals surface area contributed by atoms with Crippen LogP contribution in [0.3, 0.4) is 0 Å². The van der Waals surface area contributed by atoms with E-state index in [1.165, 1.54) is 17.1 Å². The fourth-order valence-corrected chi connectivity index (χ4v) is 3.27. The van der Waals surface area contributed by atoms with Crippen LogP contribution in [0.25, 0.3) is 0 Å². The number of carboxylic acid groups (broad SMARTS) is 1. The Morgan fingerprint density at radius 3 is 2.39 bits per heavy atom. The number of rotatable bonds is 6. The lowest BCUT2D eigenvalue weighted by molar-refractivity contribution is -0.135. The van der Waals surface area contributed by atoms with Crippen molar-refractivity contribution in [1.82, 2.24) is 9.78 Å². The highest BCUT2D eigenvalue weighted by Crippen LogP contribution is 2.25. The first-order chi connectivity index (χ1) is 10.7. The van der Waals surface area contributed by atoms with Crippen LogP contribution in [0, 0.1) is 0 Å². The fourth-order valence-electron chi connectivity index (χ4n) is 1.89. The quantitative estimate of drug-likeness (QED) is 0.859. The normalized spacial score (nSPS) is 11.7. The molecule has 0 saturated heterocycles. The van der Waals surface area contributed by atoms with Crippen molar-refractivity contribution < 1.29 is 27.1 Å². The van der Waals surface area contributed by atoms with E-state index in [4.69, 9.17) is 5.11 Å². The van der Waals surface area contributed by atoms with Gasteiger partial charge in [0.1, 0.15) is 6.54 Å². The Hall–Kier alpha value is -2.49. The SMILES string of the molecule is Cn1cc(N(CC(=O)O)S(=O)(=O)c2ccc(C(F)F)cc2)cn1. The van der Waals surface area contributed by atoms with Crippen LogP contribution in [-0.2, 0) is 21.9 Å². The van der Waals surface area contributed by atoms with Gasteiger partial charge in [-0.05, 0) is 12.1 Å². The maximum absolute atomic E-state index is 12.6. The molecule has 23 heavy (non-hydrogen) atoms. The first-order valence-electron chi connectivity index (χ1n) is 6.33. The Balaban J connectivity index is 2.45. The second-order valence-corrected chi connectivity index (χ2v) is 6.51. The van der Waals surface area contributed by atoms with Crippen molar-refractivity contribution in [2.75, 3.05) is 10.8 Å². The van der Waals surface area contributed by atoms with Gasteiger partial charge in [-0.1, -0.05) is 12.1 Å². The maximum atomic E-state index is 12.6. The van der Waals surface area contributed by atoms with Gasteiger partial charge in [-0.3, -0.25) is 13.8 Å². The summed E-state index contributed by atoms with van der Waals surface area (Å²) < 4.78 is 52.3. The monoisotopic (exact) mass is 345 g/mol. The third-order valence-electron chi connectivity index (χ3n) is 2.98. The van der Waals surface area contributed by atoms with Gasteiger partial charge >= 0.3 is 5.97 Å². The molecule has 0 radical (unpaired) electrons. The molecular formula is C13H13F2N3O4S. The minimum Gasteiger partial charge on any atom is -0.480 e. The second kappa shape index (κ2) is 6.32. The molecule has 0 saturated carbocycles. The van der Waals surface area contributed by atoms with Crippen molar-refractivity contribution in [2.45, 2.75) is 11.3 Å². The van der Waals surface area contributed by atoms with E-state index in [1.54, 1.807) is 7.05 Å². The molecule has 0 unspecified atom stereocenters. The summed E-state index contributed by atoms with van der Waals surface area (Å²) in [7, 11) is -2.68. The number of nitrogens with zero attached hydrogens (tertiary/aromatic N) is 3. The molecule has 7 nitrogen and oxygen atoms in total. The Labute approximate surface area is 130 Å². The molecule has 124 valence electrons. The lowest BCUT2D eigenvalue weighted by Gasteiger charge is -2.21. The van der Waals surface area contributed by atoms with E-state index >= 15 is 0 Å². The largest absolute Gasteiger partial charge is 0.480 e. The van der Waals surface area contributed by atoms with Crippen molar-refractivity contribution in [3.63, 3.8) is 0 Å². The first kappa shape index (κ1) is 16.9. The highest BCUT2D eigenvalue weighted by molar-refractivity contribution is 7.92. The lowest BCUT2D eigenvalue weighted by atomic mass is 10.2. The van der Waals surface area contributed by atoms with E-state index < -0.39 is 29.0 Å². The van der Waals surface area contributed by atoms with Crippen LogP contribution in [0.15, 0.2) is 41.6 Å². The molecule has 2 aromatic rings. The number of carboxylic acids is 1. The van der Waals surface area contributed by atoms with Gasteiger partial charge in [0.05, 0.1) is 16.8 Å². The van der Waals surface area contributed by atoms with Crippen LogP contribution in [-0.4, -0.2) is 35.8 Å². The molecule has 0 aliphatic carbocycles. The number of alkyl halides is 2. The Morgan fingerprint density at radius 2 is 1.96 bits per heavy atom. The highest BCUT2D eigenvalue weighted by Gasteiger charge is 2.28. The van der Waals surface area contributed by atoms with Crippen LogP contribution in [0.4, 0.5) is 14.5 Å².